The molecule has 0 unspecified atom stereocenters. The van der Waals surface area contributed by atoms with E-state index in [0.717, 1.165) is 0 Å². The van der Waals surface area contributed by atoms with Gasteiger partial charge in [-0.1, -0.05) is 11.6 Å². The molecule has 6 nitrogen and oxygen atoms in total. The fraction of sp³-hybridized carbons (Fsp3) is 0.357. The highest BCUT2D eigenvalue weighted by Crippen LogP contribution is 2.35. The van der Waals surface area contributed by atoms with Crippen molar-refractivity contribution in [1.29, 1.82) is 0 Å². The number of amides is 1. The number of nitrogens with zero attached hydrogens (tertiary/aromatic N) is 2. The molecule has 0 aliphatic heterocycles. The van der Waals surface area contributed by atoms with Gasteiger partial charge in [-0.15, -0.1) is 0 Å². The lowest BCUT2D eigenvalue weighted by atomic mass is 9.73. The lowest BCUT2D eigenvalue weighted by Crippen LogP contribution is -2.41. The number of anilines is 1. The highest BCUT2D eigenvalue weighted by molar-refractivity contribution is 6.30. The second-order valence-corrected chi connectivity index (χ2v) is 5.68. The zero-order valence-electron chi connectivity index (χ0n) is 11.3. The molecular weight excluding hydrogens is 294 g/mol. The molecule has 1 saturated carbocycles. The van der Waals surface area contributed by atoms with Crippen molar-refractivity contribution >= 4 is 34.9 Å². The topological polar surface area (TPSA) is 83.7 Å². The summed E-state index contributed by atoms with van der Waals surface area (Å²) in [6, 6.07) is 3.48. The third-order valence-corrected chi connectivity index (χ3v) is 4.15. The number of carboxylic acids is 1. The molecule has 0 saturated heterocycles. The fourth-order valence-corrected chi connectivity index (χ4v) is 2.77. The first-order chi connectivity index (χ1) is 9.97. The van der Waals surface area contributed by atoms with Crippen LogP contribution in [0.25, 0.3) is 5.65 Å². The van der Waals surface area contributed by atoms with E-state index in [4.69, 9.17) is 16.7 Å². The number of halogens is 1. The summed E-state index contributed by atoms with van der Waals surface area (Å²) in [6.07, 6.45) is 2.81. The Labute approximate surface area is 125 Å². The summed E-state index contributed by atoms with van der Waals surface area (Å²) < 4.78 is 1.70. The van der Waals surface area contributed by atoms with Gasteiger partial charge < -0.3 is 10.4 Å². The first-order valence-corrected chi connectivity index (χ1v) is 7.03. The zero-order valence-corrected chi connectivity index (χ0v) is 12.1. The van der Waals surface area contributed by atoms with Crippen LogP contribution in [0.15, 0.2) is 18.3 Å². The Morgan fingerprint density at radius 2 is 2.10 bits per heavy atom. The van der Waals surface area contributed by atoms with E-state index in [1.165, 1.54) is 0 Å². The van der Waals surface area contributed by atoms with Crippen molar-refractivity contribution in [3.63, 3.8) is 0 Å². The summed E-state index contributed by atoms with van der Waals surface area (Å²) in [5.74, 6) is -1.73. The number of pyridine rings is 1. The average Bonchev–Trinajstić information content (AvgIpc) is 2.64. The fourth-order valence-electron chi connectivity index (χ4n) is 2.61. The van der Waals surface area contributed by atoms with Crippen molar-refractivity contribution in [1.82, 2.24) is 9.38 Å². The summed E-state index contributed by atoms with van der Waals surface area (Å²) in [7, 11) is 0. The maximum Gasteiger partial charge on any atom is 0.307 e. The number of hydrogen-bond donors (Lipinski definition) is 2. The molecule has 2 heterocycles. The number of carbonyl (C=O) groups excluding carboxylic acids is 1. The van der Waals surface area contributed by atoms with E-state index in [-0.39, 0.29) is 5.91 Å². The summed E-state index contributed by atoms with van der Waals surface area (Å²) >= 11 is 5.96. The largest absolute Gasteiger partial charge is 0.481 e. The van der Waals surface area contributed by atoms with Gasteiger partial charge in [-0.05, 0) is 31.9 Å². The van der Waals surface area contributed by atoms with Crippen molar-refractivity contribution in [2.45, 2.75) is 19.8 Å². The lowest BCUT2D eigenvalue weighted by Gasteiger charge is -2.31. The number of aryl methyl sites for hydroxylation is 1. The van der Waals surface area contributed by atoms with E-state index >= 15 is 0 Å². The first-order valence-electron chi connectivity index (χ1n) is 6.65. The van der Waals surface area contributed by atoms with Crippen LogP contribution in [0.1, 0.15) is 18.5 Å². The summed E-state index contributed by atoms with van der Waals surface area (Å²) in [4.78, 5) is 27.6. The number of carbonyl (C=O) groups is 2. The Kier molecular flexibility index (Phi) is 3.33. The number of carboxylic acid groups (broad SMARTS) is 1. The van der Waals surface area contributed by atoms with E-state index < -0.39 is 17.8 Å². The summed E-state index contributed by atoms with van der Waals surface area (Å²) in [5, 5.41) is 12.3. The Morgan fingerprint density at radius 1 is 1.38 bits per heavy atom. The van der Waals surface area contributed by atoms with Gasteiger partial charge in [0.25, 0.3) is 0 Å². The van der Waals surface area contributed by atoms with E-state index in [9.17, 15) is 9.59 Å². The molecule has 0 radical (unpaired) electrons. The molecular formula is C14H14ClN3O3. The minimum absolute atomic E-state index is 0.279. The van der Waals surface area contributed by atoms with Gasteiger partial charge in [0, 0.05) is 6.20 Å². The van der Waals surface area contributed by atoms with Crippen LogP contribution in [0.4, 0.5) is 5.82 Å². The van der Waals surface area contributed by atoms with Crippen LogP contribution in [0.5, 0.6) is 0 Å². The molecule has 2 N–H and O–H groups in total. The molecule has 0 spiro atoms. The van der Waals surface area contributed by atoms with Crippen LogP contribution in [-0.4, -0.2) is 26.4 Å². The van der Waals surface area contributed by atoms with Gasteiger partial charge in [0.2, 0.25) is 5.91 Å². The second-order valence-electron chi connectivity index (χ2n) is 5.24. The molecule has 0 aromatic carbocycles. The quantitative estimate of drug-likeness (QED) is 0.911. The predicted molar refractivity (Wildman–Crippen MR) is 77.4 cm³/mol. The van der Waals surface area contributed by atoms with Crippen molar-refractivity contribution in [2.75, 3.05) is 5.32 Å². The van der Waals surface area contributed by atoms with Crippen LogP contribution in [-0.2, 0) is 9.59 Å². The van der Waals surface area contributed by atoms with E-state index in [1.807, 2.05) is 0 Å². The van der Waals surface area contributed by atoms with Crippen LogP contribution in [0.3, 0.4) is 0 Å². The van der Waals surface area contributed by atoms with Gasteiger partial charge in [0.1, 0.15) is 11.5 Å². The minimum Gasteiger partial charge on any atom is -0.481 e. The SMILES string of the molecule is Cc1nc2ccc(Cl)cn2c1NC(=O)[C@@H]1CC[C@@H]1C(=O)O. The van der Waals surface area contributed by atoms with E-state index in [0.29, 0.717) is 35.0 Å². The molecule has 2 aromatic heterocycles. The standard InChI is InChI=1S/C14H14ClN3O3/c1-7-12(18-6-8(15)2-5-11(18)16-7)17-13(19)9-3-4-10(9)14(20)21/h2,5-6,9-10H,3-4H2,1H3,(H,17,19)(H,20,21)/t9-,10+/m1/s1. The molecule has 2 atom stereocenters. The number of fused-ring (bicyclic) bond motifs is 1. The van der Waals surface area contributed by atoms with Crippen molar-refractivity contribution < 1.29 is 14.7 Å². The number of hydrogen-bond acceptors (Lipinski definition) is 3. The number of rotatable bonds is 3. The van der Waals surface area contributed by atoms with Crippen molar-refractivity contribution in [3.8, 4) is 0 Å². The lowest BCUT2D eigenvalue weighted by molar-refractivity contribution is -0.151. The summed E-state index contributed by atoms with van der Waals surface area (Å²) in [5.41, 5.74) is 1.34. The van der Waals surface area contributed by atoms with Crippen LogP contribution < -0.4 is 5.32 Å². The van der Waals surface area contributed by atoms with Crippen LogP contribution in [0.2, 0.25) is 5.02 Å². The molecule has 1 aliphatic rings. The third-order valence-electron chi connectivity index (χ3n) is 3.93. The number of imidazole rings is 1. The van der Waals surface area contributed by atoms with Gasteiger partial charge in [0.15, 0.2) is 0 Å². The normalized spacial score (nSPS) is 21.0. The van der Waals surface area contributed by atoms with Gasteiger partial charge in [-0.25, -0.2) is 4.98 Å². The molecule has 1 aliphatic carbocycles. The van der Waals surface area contributed by atoms with E-state index in [1.54, 1.807) is 29.7 Å². The van der Waals surface area contributed by atoms with Crippen LogP contribution in [0, 0.1) is 18.8 Å². The molecule has 3 rings (SSSR count). The van der Waals surface area contributed by atoms with Gasteiger partial charge in [0.05, 0.1) is 22.6 Å². The zero-order chi connectivity index (χ0) is 15.1. The third kappa shape index (κ3) is 2.35. The Bertz CT molecular complexity index is 740. The van der Waals surface area contributed by atoms with Crippen molar-refractivity contribution in [3.05, 3.63) is 29.0 Å². The molecule has 1 amide bonds. The van der Waals surface area contributed by atoms with Crippen LogP contribution >= 0.6 is 11.6 Å². The molecule has 1 fully saturated rings. The second kappa shape index (κ2) is 5.04. The Morgan fingerprint density at radius 3 is 2.71 bits per heavy atom. The monoisotopic (exact) mass is 307 g/mol. The Balaban J connectivity index is 1.88. The summed E-state index contributed by atoms with van der Waals surface area (Å²) in [6.45, 7) is 1.78. The minimum atomic E-state index is -0.917. The van der Waals surface area contributed by atoms with Gasteiger partial charge >= 0.3 is 5.97 Å². The highest BCUT2D eigenvalue weighted by atomic mass is 35.5. The maximum atomic E-state index is 12.2. The molecule has 0 bridgehead atoms. The van der Waals surface area contributed by atoms with Crippen molar-refractivity contribution in [2.24, 2.45) is 11.8 Å². The highest BCUT2D eigenvalue weighted by Gasteiger charge is 2.41. The number of aromatic nitrogens is 2. The number of nitrogens with one attached hydrogen (secondary N) is 1. The maximum absolute atomic E-state index is 12.2. The smallest absolute Gasteiger partial charge is 0.307 e. The predicted octanol–water partition coefficient (Wildman–Crippen LogP) is 2.35. The average molecular weight is 308 g/mol. The van der Waals surface area contributed by atoms with Gasteiger partial charge in [-0.3, -0.25) is 14.0 Å². The van der Waals surface area contributed by atoms with E-state index in [2.05, 4.69) is 10.3 Å². The molecule has 7 heteroatoms. The van der Waals surface area contributed by atoms with Gasteiger partial charge in [-0.2, -0.15) is 0 Å². The molecule has 21 heavy (non-hydrogen) atoms. The Hall–Kier alpha value is -2.08. The first kappa shape index (κ1) is 13.9. The number of aliphatic carboxylic acids is 1. The molecule has 110 valence electrons. The molecule has 2 aromatic rings.